The summed E-state index contributed by atoms with van der Waals surface area (Å²) in [5, 5.41) is 12.8. The summed E-state index contributed by atoms with van der Waals surface area (Å²) in [6.07, 6.45) is 0.942. The smallest absolute Gasteiger partial charge is 0.120 e. The fourth-order valence-corrected chi connectivity index (χ4v) is 1.37. The number of para-hydroxylation sites is 1. The van der Waals surface area contributed by atoms with Gasteiger partial charge in [-0.1, -0.05) is 18.2 Å². The minimum absolute atomic E-state index is 0.0915. The second kappa shape index (κ2) is 5.87. The molecule has 0 aliphatic rings. The quantitative estimate of drug-likeness (QED) is 0.727. The van der Waals surface area contributed by atoms with E-state index >= 15 is 0 Å². The molecule has 0 atom stereocenters. The van der Waals surface area contributed by atoms with Gasteiger partial charge in [0.15, 0.2) is 0 Å². The topological polar surface area (TPSA) is 41.5 Å². The molecule has 0 saturated heterocycles. The van der Waals surface area contributed by atoms with Gasteiger partial charge in [-0.25, -0.2) is 0 Å². The maximum absolute atomic E-state index is 9.55. The Morgan fingerprint density at radius 3 is 2.62 bits per heavy atom. The van der Waals surface area contributed by atoms with Crippen LogP contribution < -0.4 is 5.32 Å². The molecule has 0 aliphatic carbocycles. The first-order chi connectivity index (χ1) is 7.55. The lowest BCUT2D eigenvalue weighted by Gasteiger charge is -2.22. The minimum atomic E-state index is -0.0915. The Balaban J connectivity index is 2.29. The first kappa shape index (κ1) is 13.0. The predicted octanol–water partition coefficient (Wildman–Crippen LogP) is 2.30. The highest BCUT2D eigenvalue weighted by Gasteiger charge is 2.14. The van der Waals surface area contributed by atoms with Crippen molar-refractivity contribution in [2.75, 3.05) is 13.7 Å². The third-order valence-electron chi connectivity index (χ3n) is 2.76. The zero-order chi connectivity index (χ0) is 12.0. The molecule has 90 valence electrons. The van der Waals surface area contributed by atoms with Gasteiger partial charge in [0.05, 0.1) is 5.60 Å². The normalized spacial score (nSPS) is 11.7. The van der Waals surface area contributed by atoms with Crippen LogP contribution in [-0.2, 0) is 11.3 Å². The average molecular weight is 223 g/mol. The van der Waals surface area contributed by atoms with Crippen LogP contribution in [0, 0.1) is 0 Å². The Hall–Kier alpha value is -1.06. The number of phenols is 1. The van der Waals surface area contributed by atoms with Crippen molar-refractivity contribution < 1.29 is 9.84 Å². The molecule has 1 aromatic rings. The van der Waals surface area contributed by atoms with Crippen LogP contribution in [0.15, 0.2) is 24.3 Å². The van der Waals surface area contributed by atoms with Gasteiger partial charge in [-0.3, -0.25) is 0 Å². The summed E-state index contributed by atoms with van der Waals surface area (Å²) in [5.41, 5.74) is 0.837. The average Bonchev–Trinajstić information content (AvgIpc) is 2.27. The Morgan fingerprint density at radius 2 is 2.00 bits per heavy atom. The number of methoxy groups -OCH3 is 1. The van der Waals surface area contributed by atoms with Crippen molar-refractivity contribution in [3.8, 4) is 5.75 Å². The Bertz CT molecular complexity index is 323. The second-order valence-corrected chi connectivity index (χ2v) is 4.52. The summed E-state index contributed by atoms with van der Waals surface area (Å²) >= 11 is 0. The molecule has 0 fully saturated rings. The largest absolute Gasteiger partial charge is 0.508 e. The van der Waals surface area contributed by atoms with Crippen molar-refractivity contribution in [2.45, 2.75) is 32.4 Å². The summed E-state index contributed by atoms with van der Waals surface area (Å²) in [6.45, 7) is 5.69. The molecule has 0 heterocycles. The lowest BCUT2D eigenvalue weighted by atomic mass is 10.1. The molecule has 0 aromatic heterocycles. The number of nitrogens with one attached hydrogen (secondary N) is 1. The van der Waals surface area contributed by atoms with E-state index in [1.807, 2.05) is 18.2 Å². The number of aromatic hydroxyl groups is 1. The van der Waals surface area contributed by atoms with Gasteiger partial charge in [0, 0.05) is 19.2 Å². The van der Waals surface area contributed by atoms with Crippen molar-refractivity contribution in [3.63, 3.8) is 0 Å². The summed E-state index contributed by atoms with van der Waals surface area (Å²) in [7, 11) is 1.73. The summed E-state index contributed by atoms with van der Waals surface area (Å²) < 4.78 is 5.32. The molecule has 1 rings (SSSR count). The monoisotopic (exact) mass is 223 g/mol. The maximum Gasteiger partial charge on any atom is 0.120 e. The Morgan fingerprint density at radius 1 is 1.31 bits per heavy atom. The van der Waals surface area contributed by atoms with Gasteiger partial charge in [0.25, 0.3) is 0 Å². The molecule has 0 saturated carbocycles. The van der Waals surface area contributed by atoms with Crippen LogP contribution in [0.1, 0.15) is 25.8 Å². The predicted molar refractivity (Wildman–Crippen MR) is 65.5 cm³/mol. The fraction of sp³-hybridized carbons (Fsp3) is 0.538. The lowest BCUT2D eigenvalue weighted by molar-refractivity contribution is 0.0158. The molecule has 2 N–H and O–H groups in total. The number of ether oxygens (including phenoxy) is 1. The number of rotatable bonds is 6. The summed E-state index contributed by atoms with van der Waals surface area (Å²) in [4.78, 5) is 0. The van der Waals surface area contributed by atoms with E-state index in [-0.39, 0.29) is 5.60 Å². The highest BCUT2D eigenvalue weighted by molar-refractivity contribution is 5.31. The standard InChI is InChI=1S/C13H21NO2/c1-13(2,16-3)8-9-14-10-11-6-4-5-7-12(11)15/h4-7,14-15H,8-10H2,1-3H3. The third-order valence-corrected chi connectivity index (χ3v) is 2.76. The number of hydrogen-bond acceptors (Lipinski definition) is 3. The van der Waals surface area contributed by atoms with Crippen LogP contribution in [0.5, 0.6) is 5.75 Å². The van der Waals surface area contributed by atoms with Crippen molar-refractivity contribution in [1.29, 1.82) is 0 Å². The lowest BCUT2D eigenvalue weighted by Crippen LogP contribution is -2.28. The molecular weight excluding hydrogens is 202 g/mol. The van der Waals surface area contributed by atoms with Crippen LogP contribution in [0.25, 0.3) is 0 Å². The second-order valence-electron chi connectivity index (χ2n) is 4.52. The van der Waals surface area contributed by atoms with Crippen LogP contribution in [0.3, 0.4) is 0 Å². The molecule has 3 nitrogen and oxygen atoms in total. The molecule has 16 heavy (non-hydrogen) atoms. The highest BCUT2D eigenvalue weighted by Crippen LogP contribution is 2.15. The van der Waals surface area contributed by atoms with Crippen molar-refractivity contribution in [2.24, 2.45) is 0 Å². The van der Waals surface area contributed by atoms with Gasteiger partial charge in [-0.15, -0.1) is 0 Å². The maximum atomic E-state index is 9.55. The number of benzene rings is 1. The Labute approximate surface area is 97.4 Å². The number of hydrogen-bond donors (Lipinski definition) is 2. The summed E-state index contributed by atoms with van der Waals surface area (Å²) in [5.74, 6) is 0.348. The molecule has 0 unspecified atom stereocenters. The molecule has 0 bridgehead atoms. The molecule has 0 amide bonds. The Kier molecular flexibility index (Phi) is 4.77. The zero-order valence-electron chi connectivity index (χ0n) is 10.3. The zero-order valence-corrected chi connectivity index (χ0v) is 10.3. The number of phenolic OH excluding ortho intramolecular Hbond substituents is 1. The molecule has 1 aromatic carbocycles. The highest BCUT2D eigenvalue weighted by atomic mass is 16.5. The molecular formula is C13H21NO2. The SMILES string of the molecule is COC(C)(C)CCNCc1ccccc1O. The van der Waals surface area contributed by atoms with E-state index in [2.05, 4.69) is 19.2 Å². The van der Waals surface area contributed by atoms with Gasteiger partial charge >= 0.3 is 0 Å². The molecule has 0 radical (unpaired) electrons. The van der Waals surface area contributed by atoms with Crippen molar-refractivity contribution in [1.82, 2.24) is 5.32 Å². The van der Waals surface area contributed by atoms with E-state index < -0.39 is 0 Å². The molecule has 3 heteroatoms. The van der Waals surface area contributed by atoms with Crippen LogP contribution in [0.2, 0.25) is 0 Å². The fourth-order valence-electron chi connectivity index (χ4n) is 1.37. The van der Waals surface area contributed by atoms with Crippen LogP contribution >= 0.6 is 0 Å². The minimum Gasteiger partial charge on any atom is -0.508 e. The van der Waals surface area contributed by atoms with Gasteiger partial charge in [0.2, 0.25) is 0 Å². The molecule has 0 aliphatic heterocycles. The van der Waals surface area contributed by atoms with Crippen LogP contribution in [-0.4, -0.2) is 24.4 Å². The van der Waals surface area contributed by atoms with Gasteiger partial charge < -0.3 is 15.2 Å². The first-order valence-corrected chi connectivity index (χ1v) is 5.58. The van der Waals surface area contributed by atoms with E-state index in [0.717, 1.165) is 18.5 Å². The van der Waals surface area contributed by atoms with Gasteiger partial charge in [-0.05, 0) is 32.9 Å². The van der Waals surface area contributed by atoms with Crippen molar-refractivity contribution in [3.05, 3.63) is 29.8 Å². The van der Waals surface area contributed by atoms with E-state index in [1.54, 1.807) is 13.2 Å². The van der Waals surface area contributed by atoms with Gasteiger partial charge in [0.1, 0.15) is 5.75 Å². The van der Waals surface area contributed by atoms with E-state index in [9.17, 15) is 5.11 Å². The first-order valence-electron chi connectivity index (χ1n) is 5.58. The van der Waals surface area contributed by atoms with Crippen LogP contribution in [0.4, 0.5) is 0 Å². The van der Waals surface area contributed by atoms with E-state index in [1.165, 1.54) is 0 Å². The molecule has 0 spiro atoms. The van der Waals surface area contributed by atoms with E-state index in [0.29, 0.717) is 12.3 Å². The third kappa shape index (κ3) is 4.21. The van der Waals surface area contributed by atoms with E-state index in [4.69, 9.17) is 4.74 Å². The van der Waals surface area contributed by atoms with Crippen molar-refractivity contribution >= 4 is 0 Å². The van der Waals surface area contributed by atoms with Gasteiger partial charge in [-0.2, -0.15) is 0 Å². The summed E-state index contributed by atoms with van der Waals surface area (Å²) in [6, 6.07) is 7.38.